The van der Waals surface area contributed by atoms with Gasteiger partial charge in [0.2, 0.25) is 11.9 Å². The molecule has 2 aliphatic rings. The Morgan fingerprint density at radius 3 is 2.74 bits per heavy atom. The number of amides is 1. The summed E-state index contributed by atoms with van der Waals surface area (Å²) in [6.45, 7) is 1.67. The van der Waals surface area contributed by atoms with Crippen LogP contribution in [0.2, 0.25) is 5.02 Å². The predicted molar refractivity (Wildman–Crippen MR) is 121 cm³/mol. The second kappa shape index (κ2) is 9.63. The van der Waals surface area contributed by atoms with Gasteiger partial charge in [-0.05, 0) is 49.0 Å². The van der Waals surface area contributed by atoms with Gasteiger partial charge < -0.3 is 20.7 Å². The summed E-state index contributed by atoms with van der Waals surface area (Å²) in [7, 11) is 1.92. The van der Waals surface area contributed by atoms with Gasteiger partial charge >= 0.3 is 0 Å². The van der Waals surface area contributed by atoms with Crippen LogP contribution in [0.1, 0.15) is 5.56 Å². The van der Waals surface area contributed by atoms with Gasteiger partial charge in [-0.3, -0.25) is 9.69 Å². The number of rotatable bonds is 0. The minimum atomic E-state index is -0.0545. The maximum absolute atomic E-state index is 12.2. The van der Waals surface area contributed by atoms with E-state index in [-0.39, 0.29) is 5.91 Å². The van der Waals surface area contributed by atoms with E-state index in [0.717, 1.165) is 11.3 Å². The van der Waals surface area contributed by atoms with E-state index in [1.165, 1.54) is 0 Å². The molecule has 0 saturated carbocycles. The number of benzene rings is 2. The van der Waals surface area contributed by atoms with E-state index in [9.17, 15) is 4.79 Å². The second-order valence-electron chi connectivity index (χ2n) is 7.22. The number of fused-ring (bicyclic) bond motifs is 9. The minimum absolute atomic E-state index is 0.0545. The zero-order valence-corrected chi connectivity index (χ0v) is 17.8. The molecule has 3 heterocycles. The number of anilines is 4. The third-order valence-electron chi connectivity index (χ3n) is 4.62. The van der Waals surface area contributed by atoms with Crippen LogP contribution >= 0.6 is 11.6 Å². The molecule has 9 heteroatoms. The van der Waals surface area contributed by atoms with Crippen LogP contribution in [0.5, 0.6) is 5.75 Å². The van der Waals surface area contributed by atoms with Gasteiger partial charge in [0.15, 0.2) is 0 Å². The average molecular weight is 439 g/mol. The van der Waals surface area contributed by atoms with E-state index in [2.05, 4.69) is 25.9 Å². The van der Waals surface area contributed by atoms with Crippen molar-refractivity contribution >= 4 is 40.6 Å². The summed E-state index contributed by atoms with van der Waals surface area (Å²) in [5.74, 6) is 1.59. The van der Waals surface area contributed by atoms with E-state index in [1.54, 1.807) is 30.5 Å². The first-order valence-corrected chi connectivity index (χ1v) is 10.3. The lowest BCUT2D eigenvalue weighted by atomic mass is 10.2. The molecule has 0 saturated heterocycles. The Morgan fingerprint density at radius 2 is 1.90 bits per heavy atom. The predicted octanol–water partition coefficient (Wildman–Crippen LogP) is 3.56. The average Bonchev–Trinajstić information content (AvgIpc) is 2.73. The monoisotopic (exact) mass is 438 g/mol. The van der Waals surface area contributed by atoms with Crippen LogP contribution in [0.4, 0.5) is 23.1 Å². The molecule has 1 aromatic heterocycles. The van der Waals surface area contributed by atoms with Crippen molar-refractivity contribution in [2.45, 2.75) is 6.54 Å². The van der Waals surface area contributed by atoms with Crippen molar-refractivity contribution in [3.63, 3.8) is 0 Å². The summed E-state index contributed by atoms with van der Waals surface area (Å²) >= 11 is 6.17. The van der Waals surface area contributed by atoms with Crippen molar-refractivity contribution in [1.29, 1.82) is 0 Å². The number of hydrogen-bond donors (Lipinski definition) is 3. The molecule has 160 valence electrons. The Kier molecular flexibility index (Phi) is 6.49. The molecule has 2 aliphatic heterocycles. The summed E-state index contributed by atoms with van der Waals surface area (Å²) in [5.41, 5.74) is 2.65. The van der Waals surface area contributed by atoms with Gasteiger partial charge in [-0.1, -0.05) is 23.7 Å². The minimum Gasteiger partial charge on any atom is -0.490 e. The number of ether oxygens (including phenoxy) is 1. The Labute approximate surface area is 185 Å². The van der Waals surface area contributed by atoms with Crippen molar-refractivity contribution in [3.05, 3.63) is 65.3 Å². The Hall–Kier alpha value is -3.36. The smallest absolute Gasteiger partial charge is 0.234 e. The molecular weight excluding hydrogens is 416 g/mol. The van der Waals surface area contributed by atoms with Crippen molar-refractivity contribution in [1.82, 2.24) is 20.2 Å². The first-order valence-electron chi connectivity index (χ1n) is 9.89. The number of nitrogens with zero attached hydrogens (tertiary/aromatic N) is 3. The number of nitrogens with one attached hydrogen (secondary N) is 3. The van der Waals surface area contributed by atoms with Crippen molar-refractivity contribution in [2.75, 3.05) is 37.4 Å². The van der Waals surface area contributed by atoms with Crippen LogP contribution in [0.3, 0.4) is 0 Å². The molecule has 0 atom stereocenters. The number of carbonyl (C=O) groups is 1. The third-order valence-corrected chi connectivity index (χ3v) is 4.85. The van der Waals surface area contributed by atoms with Gasteiger partial charge in [-0.2, -0.15) is 4.98 Å². The topological polar surface area (TPSA) is 91.4 Å². The summed E-state index contributed by atoms with van der Waals surface area (Å²) in [5, 5.41) is 9.87. The summed E-state index contributed by atoms with van der Waals surface area (Å²) in [6, 6.07) is 15.1. The molecule has 0 spiro atoms. The molecular formula is C22H23ClN6O2. The van der Waals surface area contributed by atoms with E-state index < -0.39 is 0 Å². The number of carbonyl (C=O) groups excluding carboxylic acids is 1. The zero-order chi connectivity index (χ0) is 21.6. The van der Waals surface area contributed by atoms with Crippen molar-refractivity contribution in [2.24, 2.45) is 0 Å². The van der Waals surface area contributed by atoms with E-state index in [4.69, 9.17) is 16.3 Å². The Morgan fingerprint density at radius 1 is 1.06 bits per heavy atom. The largest absolute Gasteiger partial charge is 0.490 e. The van der Waals surface area contributed by atoms with Gasteiger partial charge in [-0.25, -0.2) is 4.98 Å². The lowest BCUT2D eigenvalue weighted by molar-refractivity contribution is -0.122. The number of hydrogen-bond acceptors (Lipinski definition) is 7. The first kappa shape index (κ1) is 20.9. The fourth-order valence-corrected chi connectivity index (χ4v) is 3.37. The maximum atomic E-state index is 12.2. The molecule has 0 aliphatic carbocycles. The van der Waals surface area contributed by atoms with Crippen LogP contribution in [0, 0.1) is 0 Å². The standard InChI is InChI=1S/C22H23ClN6O2/c1-29-13-15-2-5-17(6-3-15)26-20-8-9-25-22(28-20)27-18-12-16(23)4-7-19(18)31-11-10-24-21(30)14-29/h2-9,12H,10-11,13-14H2,1H3,(H,24,30)(H2,25,26,27,28). The SMILES string of the molecule is CN1CC(=O)NCCOc2ccc(Cl)cc2Nc2nccc(n2)Nc2ccc(cc2)C1. The molecule has 31 heavy (non-hydrogen) atoms. The molecule has 5 rings (SSSR count). The summed E-state index contributed by atoms with van der Waals surface area (Å²) in [6.07, 6.45) is 1.67. The third kappa shape index (κ3) is 5.84. The van der Waals surface area contributed by atoms with E-state index in [1.807, 2.05) is 36.2 Å². The van der Waals surface area contributed by atoms with Gasteiger partial charge in [-0.15, -0.1) is 0 Å². The molecule has 0 unspecified atom stereocenters. The summed E-state index contributed by atoms with van der Waals surface area (Å²) in [4.78, 5) is 23.0. The normalized spacial score (nSPS) is 15.2. The maximum Gasteiger partial charge on any atom is 0.234 e. The molecule has 3 aromatic rings. The first-order chi connectivity index (χ1) is 15.0. The van der Waals surface area contributed by atoms with Crippen molar-refractivity contribution in [3.8, 4) is 5.75 Å². The van der Waals surface area contributed by atoms with Crippen LogP contribution in [-0.2, 0) is 11.3 Å². The molecule has 2 aromatic carbocycles. The Bertz CT molecular complexity index is 1060. The molecule has 3 N–H and O–H groups in total. The molecule has 4 bridgehead atoms. The van der Waals surface area contributed by atoms with Crippen LogP contribution in [0.15, 0.2) is 54.7 Å². The molecule has 0 radical (unpaired) electrons. The molecule has 8 nitrogen and oxygen atoms in total. The van der Waals surface area contributed by atoms with E-state index >= 15 is 0 Å². The van der Waals surface area contributed by atoms with Crippen LogP contribution in [-0.4, -0.2) is 47.5 Å². The summed E-state index contributed by atoms with van der Waals surface area (Å²) < 4.78 is 5.85. The zero-order valence-electron chi connectivity index (χ0n) is 17.1. The lowest BCUT2D eigenvalue weighted by Gasteiger charge is -2.17. The van der Waals surface area contributed by atoms with Gasteiger partial charge in [0.1, 0.15) is 18.2 Å². The molecule has 0 fully saturated rings. The highest BCUT2D eigenvalue weighted by Gasteiger charge is 2.10. The van der Waals surface area contributed by atoms with Crippen molar-refractivity contribution < 1.29 is 9.53 Å². The highest BCUT2D eigenvalue weighted by atomic mass is 35.5. The highest BCUT2D eigenvalue weighted by molar-refractivity contribution is 6.31. The van der Waals surface area contributed by atoms with Crippen LogP contribution in [0.25, 0.3) is 0 Å². The fourth-order valence-electron chi connectivity index (χ4n) is 3.20. The fraction of sp³-hybridized carbons (Fsp3) is 0.227. The lowest BCUT2D eigenvalue weighted by Crippen LogP contribution is -2.36. The number of halogens is 1. The Balaban J connectivity index is 1.62. The van der Waals surface area contributed by atoms with E-state index in [0.29, 0.717) is 54.5 Å². The quantitative estimate of drug-likeness (QED) is 0.462. The van der Waals surface area contributed by atoms with Crippen LogP contribution < -0.4 is 20.7 Å². The second-order valence-corrected chi connectivity index (χ2v) is 7.66. The molecule has 1 amide bonds. The van der Waals surface area contributed by atoms with Gasteiger partial charge in [0.25, 0.3) is 0 Å². The number of aromatic nitrogens is 2. The highest BCUT2D eigenvalue weighted by Crippen LogP contribution is 2.30. The van der Waals surface area contributed by atoms with Gasteiger partial charge in [0, 0.05) is 23.5 Å². The van der Waals surface area contributed by atoms with Gasteiger partial charge in [0.05, 0.1) is 18.8 Å². The number of likely N-dealkylation sites (N-methyl/N-ethyl adjacent to an activating group) is 1.